The van der Waals surface area contributed by atoms with E-state index in [1.807, 2.05) is 12.3 Å². The Bertz CT molecular complexity index is 631. The first-order chi connectivity index (χ1) is 10.1. The molecule has 110 valence electrons. The van der Waals surface area contributed by atoms with Gasteiger partial charge in [-0.3, -0.25) is 4.79 Å². The molecule has 0 fully saturated rings. The zero-order valence-corrected chi connectivity index (χ0v) is 13.1. The van der Waals surface area contributed by atoms with Crippen LogP contribution in [0.4, 0.5) is 4.39 Å². The third-order valence-corrected chi connectivity index (χ3v) is 4.09. The molecule has 0 aliphatic rings. The molecule has 0 aliphatic carbocycles. The lowest BCUT2D eigenvalue weighted by molar-refractivity contribution is 0.0954. The van der Waals surface area contributed by atoms with Crippen LogP contribution in [0.5, 0.6) is 0 Å². The molecule has 0 radical (unpaired) electrons. The van der Waals surface area contributed by atoms with E-state index in [1.54, 1.807) is 36.0 Å². The second-order valence-electron chi connectivity index (χ2n) is 4.48. The number of rotatable bonds is 5. The highest BCUT2D eigenvalue weighted by Gasteiger charge is 2.10. The summed E-state index contributed by atoms with van der Waals surface area (Å²) in [6.45, 7) is 0.476. The van der Waals surface area contributed by atoms with Gasteiger partial charge in [-0.1, -0.05) is 23.7 Å². The molecule has 0 bridgehead atoms. The van der Waals surface area contributed by atoms with Crippen LogP contribution in [0.3, 0.4) is 0 Å². The molecule has 2 nitrogen and oxygen atoms in total. The van der Waals surface area contributed by atoms with Gasteiger partial charge in [0.15, 0.2) is 0 Å². The number of benzene rings is 2. The van der Waals surface area contributed by atoms with Crippen LogP contribution < -0.4 is 5.32 Å². The van der Waals surface area contributed by atoms with E-state index in [9.17, 15) is 9.18 Å². The zero-order chi connectivity index (χ0) is 15.2. The molecule has 21 heavy (non-hydrogen) atoms. The minimum Gasteiger partial charge on any atom is -0.352 e. The SMILES string of the molecule is CSc1ccc(Cl)c(C(=O)NCCc2ccc(F)cc2)c1. The standard InChI is InChI=1S/C16H15ClFNOS/c1-21-13-6-7-15(17)14(10-13)16(20)19-9-8-11-2-4-12(18)5-3-11/h2-7,10H,8-9H2,1H3,(H,19,20). The number of halogens is 2. The molecular weight excluding hydrogens is 309 g/mol. The minimum absolute atomic E-state index is 0.196. The van der Waals surface area contributed by atoms with Crippen molar-refractivity contribution in [1.82, 2.24) is 5.32 Å². The molecule has 2 aromatic rings. The highest BCUT2D eigenvalue weighted by atomic mass is 35.5. The Hall–Kier alpha value is -1.52. The van der Waals surface area contributed by atoms with Crippen LogP contribution in [0.1, 0.15) is 15.9 Å². The molecule has 0 saturated carbocycles. The molecule has 0 saturated heterocycles. The lowest BCUT2D eigenvalue weighted by Crippen LogP contribution is -2.26. The summed E-state index contributed by atoms with van der Waals surface area (Å²) in [5.41, 5.74) is 1.45. The normalized spacial score (nSPS) is 10.4. The predicted molar refractivity (Wildman–Crippen MR) is 85.7 cm³/mol. The van der Waals surface area contributed by atoms with Crippen LogP contribution in [0.15, 0.2) is 47.4 Å². The summed E-state index contributed by atoms with van der Waals surface area (Å²) in [4.78, 5) is 13.1. The van der Waals surface area contributed by atoms with Crippen molar-refractivity contribution in [2.45, 2.75) is 11.3 Å². The number of hydrogen-bond donors (Lipinski definition) is 1. The molecule has 1 N–H and O–H groups in total. The summed E-state index contributed by atoms with van der Waals surface area (Å²) < 4.78 is 12.8. The number of nitrogens with one attached hydrogen (secondary N) is 1. The van der Waals surface area contributed by atoms with Gasteiger partial charge in [-0.2, -0.15) is 0 Å². The lowest BCUT2D eigenvalue weighted by atomic mass is 10.1. The van der Waals surface area contributed by atoms with Crippen molar-refractivity contribution in [3.8, 4) is 0 Å². The quantitative estimate of drug-likeness (QED) is 0.837. The van der Waals surface area contributed by atoms with Crippen molar-refractivity contribution >= 4 is 29.3 Å². The number of hydrogen-bond acceptors (Lipinski definition) is 2. The van der Waals surface area contributed by atoms with Gasteiger partial charge in [0.2, 0.25) is 0 Å². The topological polar surface area (TPSA) is 29.1 Å². The van der Waals surface area contributed by atoms with Gasteiger partial charge in [0.25, 0.3) is 5.91 Å². The first-order valence-corrected chi connectivity index (χ1v) is 8.06. The maximum Gasteiger partial charge on any atom is 0.252 e. The van der Waals surface area contributed by atoms with Gasteiger partial charge in [-0.25, -0.2) is 4.39 Å². The summed E-state index contributed by atoms with van der Waals surface area (Å²) in [6, 6.07) is 11.6. The Labute approximate surface area is 132 Å². The molecule has 0 atom stereocenters. The van der Waals surface area contributed by atoms with Crippen LogP contribution in [0.25, 0.3) is 0 Å². The van der Waals surface area contributed by atoms with Crippen molar-refractivity contribution in [2.24, 2.45) is 0 Å². The largest absolute Gasteiger partial charge is 0.352 e. The summed E-state index contributed by atoms with van der Waals surface area (Å²) in [7, 11) is 0. The van der Waals surface area contributed by atoms with E-state index >= 15 is 0 Å². The van der Waals surface area contributed by atoms with Crippen molar-refractivity contribution < 1.29 is 9.18 Å². The maximum absolute atomic E-state index is 12.8. The molecule has 1 amide bonds. The molecule has 0 spiro atoms. The van der Waals surface area contributed by atoms with Gasteiger partial charge in [0.05, 0.1) is 10.6 Å². The van der Waals surface area contributed by atoms with Crippen LogP contribution in [0, 0.1) is 5.82 Å². The molecule has 0 heterocycles. The average Bonchev–Trinajstić information content (AvgIpc) is 2.49. The molecule has 2 rings (SSSR count). The first-order valence-electron chi connectivity index (χ1n) is 6.46. The van der Waals surface area contributed by atoms with E-state index in [-0.39, 0.29) is 11.7 Å². The fraction of sp³-hybridized carbons (Fsp3) is 0.188. The number of amides is 1. The van der Waals surface area contributed by atoms with E-state index in [4.69, 9.17) is 11.6 Å². The van der Waals surface area contributed by atoms with Crippen LogP contribution >= 0.6 is 23.4 Å². The van der Waals surface area contributed by atoms with Crippen molar-refractivity contribution in [3.05, 3.63) is 64.4 Å². The average molecular weight is 324 g/mol. The maximum atomic E-state index is 12.8. The van der Waals surface area contributed by atoms with Crippen molar-refractivity contribution in [2.75, 3.05) is 12.8 Å². The van der Waals surface area contributed by atoms with E-state index in [0.717, 1.165) is 10.5 Å². The Morgan fingerprint density at radius 1 is 1.24 bits per heavy atom. The first kappa shape index (κ1) is 15.9. The van der Waals surface area contributed by atoms with E-state index < -0.39 is 0 Å². The lowest BCUT2D eigenvalue weighted by Gasteiger charge is -2.08. The molecule has 2 aromatic carbocycles. The van der Waals surface area contributed by atoms with Crippen LogP contribution in [-0.2, 0) is 6.42 Å². The zero-order valence-electron chi connectivity index (χ0n) is 11.5. The van der Waals surface area contributed by atoms with Crippen molar-refractivity contribution in [3.63, 3.8) is 0 Å². The Kier molecular flexibility index (Phi) is 5.65. The predicted octanol–water partition coefficient (Wildman–Crippen LogP) is 4.17. The van der Waals surface area contributed by atoms with E-state index in [2.05, 4.69) is 5.32 Å². The molecule has 0 aromatic heterocycles. The summed E-state index contributed by atoms with van der Waals surface area (Å²) >= 11 is 7.61. The number of thioether (sulfide) groups is 1. The fourth-order valence-electron chi connectivity index (χ4n) is 1.87. The van der Waals surface area contributed by atoms with Crippen LogP contribution in [0.2, 0.25) is 5.02 Å². The summed E-state index contributed by atoms with van der Waals surface area (Å²) in [6.07, 6.45) is 2.59. The summed E-state index contributed by atoms with van der Waals surface area (Å²) in [5.74, 6) is -0.457. The highest BCUT2D eigenvalue weighted by molar-refractivity contribution is 7.98. The van der Waals surface area contributed by atoms with Crippen molar-refractivity contribution in [1.29, 1.82) is 0 Å². The Morgan fingerprint density at radius 2 is 1.95 bits per heavy atom. The molecule has 5 heteroatoms. The second-order valence-corrected chi connectivity index (χ2v) is 5.76. The van der Waals surface area contributed by atoms with Gasteiger partial charge in [0.1, 0.15) is 5.82 Å². The van der Waals surface area contributed by atoms with Gasteiger partial charge >= 0.3 is 0 Å². The van der Waals surface area contributed by atoms with Gasteiger partial charge in [-0.15, -0.1) is 11.8 Å². The Morgan fingerprint density at radius 3 is 2.62 bits per heavy atom. The molecule has 0 unspecified atom stereocenters. The molecular formula is C16H15ClFNOS. The van der Waals surface area contributed by atoms with Gasteiger partial charge in [-0.05, 0) is 48.6 Å². The minimum atomic E-state index is -0.261. The fourth-order valence-corrected chi connectivity index (χ4v) is 2.52. The van der Waals surface area contributed by atoms with Gasteiger partial charge < -0.3 is 5.32 Å². The smallest absolute Gasteiger partial charge is 0.252 e. The van der Waals surface area contributed by atoms with E-state index in [1.165, 1.54) is 12.1 Å². The molecule has 0 aliphatic heterocycles. The highest BCUT2D eigenvalue weighted by Crippen LogP contribution is 2.22. The second kappa shape index (κ2) is 7.48. The number of carbonyl (C=O) groups is 1. The third-order valence-electron chi connectivity index (χ3n) is 3.03. The Balaban J connectivity index is 1.94. The van der Waals surface area contributed by atoms with Gasteiger partial charge in [0, 0.05) is 11.4 Å². The van der Waals surface area contributed by atoms with E-state index in [0.29, 0.717) is 23.6 Å². The third kappa shape index (κ3) is 4.48. The number of carbonyl (C=O) groups excluding carboxylic acids is 1. The van der Waals surface area contributed by atoms with Crippen LogP contribution in [-0.4, -0.2) is 18.7 Å². The monoisotopic (exact) mass is 323 g/mol. The summed E-state index contributed by atoms with van der Waals surface area (Å²) in [5, 5.41) is 3.26.